The molecular weight excluding hydrogens is 518 g/mol. The van der Waals surface area contributed by atoms with E-state index in [0.29, 0.717) is 21.4 Å². The third kappa shape index (κ3) is 4.17. The summed E-state index contributed by atoms with van der Waals surface area (Å²) in [6.45, 7) is 1.91. The predicted molar refractivity (Wildman–Crippen MR) is 153 cm³/mol. The number of aromatic nitrogens is 4. The van der Waals surface area contributed by atoms with Crippen LogP contribution in [0.4, 0.5) is 5.69 Å². The van der Waals surface area contributed by atoms with Crippen LogP contribution in [-0.4, -0.2) is 30.8 Å². The number of halogens is 1. The molecule has 0 bridgehead atoms. The molecule has 3 N–H and O–H groups in total. The standard InChI is InChI=1S/C29H22ClN5O2S/c1-15-11-23-28(26(20(15)13-25(36)37)16-3-6-19(30)7-4-16)38-29(34-23)27-21(31)8-9-22(33-27)17-5-10-24-18(12-17)14-32-35(24)2/h3-12,14H,13,31H2,1-2H3,(H,36,37). The monoisotopic (exact) mass is 539 g/mol. The van der Waals surface area contributed by atoms with Crippen LogP contribution in [0.2, 0.25) is 5.02 Å². The van der Waals surface area contributed by atoms with Crippen molar-refractivity contribution in [3.63, 3.8) is 0 Å². The summed E-state index contributed by atoms with van der Waals surface area (Å²) in [5, 5.41) is 16.3. The summed E-state index contributed by atoms with van der Waals surface area (Å²) in [5.41, 5.74) is 14.4. The van der Waals surface area contributed by atoms with Crippen molar-refractivity contribution < 1.29 is 9.90 Å². The number of aliphatic carboxylic acids is 1. The minimum atomic E-state index is -0.892. The number of benzene rings is 3. The Morgan fingerprint density at radius 1 is 1.05 bits per heavy atom. The molecule has 6 rings (SSSR count). The van der Waals surface area contributed by atoms with Crippen molar-refractivity contribution in [3.8, 4) is 33.1 Å². The molecular formula is C29H22ClN5O2S. The summed E-state index contributed by atoms with van der Waals surface area (Å²) < 4.78 is 2.72. The summed E-state index contributed by atoms with van der Waals surface area (Å²) in [6.07, 6.45) is 1.74. The van der Waals surface area contributed by atoms with Crippen LogP contribution in [-0.2, 0) is 18.3 Å². The lowest BCUT2D eigenvalue weighted by atomic mass is 9.93. The molecule has 3 heterocycles. The highest BCUT2D eigenvalue weighted by atomic mass is 35.5. The Morgan fingerprint density at radius 2 is 1.82 bits per heavy atom. The van der Waals surface area contributed by atoms with Crippen LogP contribution >= 0.6 is 22.9 Å². The van der Waals surface area contributed by atoms with Gasteiger partial charge >= 0.3 is 5.97 Å². The maximum Gasteiger partial charge on any atom is 0.307 e. The van der Waals surface area contributed by atoms with Gasteiger partial charge in [-0.3, -0.25) is 9.48 Å². The molecule has 0 fully saturated rings. The fraction of sp³-hybridized carbons (Fsp3) is 0.103. The molecule has 0 saturated heterocycles. The molecule has 3 aromatic heterocycles. The first-order valence-corrected chi connectivity index (χ1v) is 13.1. The van der Waals surface area contributed by atoms with Crippen LogP contribution in [0.5, 0.6) is 0 Å². The smallest absolute Gasteiger partial charge is 0.307 e. The number of carbonyl (C=O) groups is 1. The molecule has 0 atom stereocenters. The summed E-state index contributed by atoms with van der Waals surface area (Å²) >= 11 is 7.60. The molecule has 7 nitrogen and oxygen atoms in total. The Balaban J connectivity index is 1.53. The molecule has 38 heavy (non-hydrogen) atoms. The van der Waals surface area contributed by atoms with Gasteiger partial charge in [0.2, 0.25) is 0 Å². The minimum Gasteiger partial charge on any atom is -0.481 e. The lowest BCUT2D eigenvalue weighted by Gasteiger charge is -2.13. The number of anilines is 1. The number of nitrogens with two attached hydrogens (primary N) is 1. The van der Waals surface area contributed by atoms with E-state index in [0.717, 1.165) is 54.6 Å². The summed E-state index contributed by atoms with van der Waals surface area (Å²) in [6, 6.07) is 19.2. The topological polar surface area (TPSA) is 107 Å². The van der Waals surface area contributed by atoms with Gasteiger partial charge in [-0.25, -0.2) is 9.97 Å². The molecule has 0 aliphatic carbocycles. The Labute approximate surface area is 227 Å². The maximum absolute atomic E-state index is 11.8. The summed E-state index contributed by atoms with van der Waals surface area (Å²) in [5.74, 6) is -0.892. The van der Waals surface area contributed by atoms with Gasteiger partial charge in [0.1, 0.15) is 10.7 Å². The second-order valence-corrected chi connectivity index (χ2v) is 10.6. The molecule has 9 heteroatoms. The van der Waals surface area contributed by atoms with E-state index >= 15 is 0 Å². The first kappa shape index (κ1) is 24.1. The molecule has 3 aromatic carbocycles. The van der Waals surface area contributed by atoms with Gasteiger partial charge in [-0.1, -0.05) is 29.8 Å². The number of pyridine rings is 1. The first-order valence-electron chi connectivity index (χ1n) is 11.9. The third-order valence-corrected chi connectivity index (χ3v) is 7.99. The zero-order chi connectivity index (χ0) is 26.6. The lowest BCUT2D eigenvalue weighted by molar-refractivity contribution is -0.136. The normalized spacial score (nSPS) is 11.4. The van der Waals surface area contributed by atoms with Crippen molar-refractivity contribution in [2.45, 2.75) is 13.3 Å². The van der Waals surface area contributed by atoms with Gasteiger partial charge in [0.15, 0.2) is 0 Å². The molecule has 0 aliphatic rings. The van der Waals surface area contributed by atoms with E-state index in [2.05, 4.69) is 11.2 Å². The number of hydrogen-bond donors (Lipinski definition) is 2. The zero-order valence-electron chi connectivity index (χ0n) is 20.6. The minimum absolute atomic E-state index is 0.0976. The largest absolute Gasteiger partial charge is 0.481 e. The number of nitrogen functional groups attached to an aromatic ring is 1. The van der Waals surface area contributed by atoms with Gasteiger partial charge in [-0.05, 0) is 66.1 Å². The van der Waals surface area contributed by atoms with Gasteiger partial charge in [-0.2, -0.15) is 5.10 Å². The Bertz CT molecular complexity index is 1870. The molecule has 0 unspecified atom stereocenters. The van der Waals surface area contributed by atoms with Gasteiger partial charge in [0.25, 0.3) is 0 Å². The summed E-state index contributed by atoms with van der Waals surface area (Å²) in [4.78, 5) is 21.6. The number of carboxylic acid groups (broad SMARTS) is 1. The quantitative estimate of drug-likeness (QED) is 0.251. The fourth-order valence-electron chi connectivity index (χ4n) is 4.76. The Hall–Kier alpha value is -4.27. The second kappa shape index (κ2) is 9.24. The molecule has 0 amide bonds. The SMILES string of the molecule is Cc1cc2nc(-c3nc(-c4ccc5c(cnn5C)c4)ccc3N)sc2c(-c2ccc(Cl)cc2)c1CC(=O)O. The van der Waals surface area contributed by atoms with Gasteiger partial charge in [-0.15, -0.1) is 11.3 Å². The molecule has 0 saturated carbocycles. The number of hydrogen-bond acceptors (Lipinski definition) is 6. The zero-order valence-corrected chi connectivity index (χ0v) is 22.1. The van der Waals surface area contributed by atoms with E-state index in [1.165, 1.54) is 11.3 Å². The number of fused-ring (bicyclic) bond motifs is 2. The third-order valence-electron chi connectivity index (χ3n) is 6.64. The van der Waals surface area contributed by atoms with Gasteiger partial charge in [0.05, 0.1) is 39.7 Å². The highest BCUT2D eigenvalue weighted by molar-refractivity contribution is 7.22. The van der Waals surface area contributed by atoms with E-state index < -0.39 is 5.97 Å². The average Bonchev–Trinajstić information content (AvgIpc) is 3.48. The van der Waals surface area contributed by atoms with Crippen molar-refractivity contribution in [2.75, 3.05) is 5.73 Å². The first-order chi connectivity index (χ1) is 18.3. The summed E-state index contributed by atoms with van der Waals surface area (Å²) in [7, 11) is 1.91. The molecule has 0 spiro atoms. The number of thiazole rings is 1. The van der Waals surface area contributed by atoms with E-state index in [-0.39, 0.29) is 6.42 Å². The number of rotatable bonds is 5. The number of nitrogens with zero attached hydrogens (tertiary/aromatic N) is 4. The van der Waals surface area contributed by atoms with Crippen molar-refractivity contribution in [3.05, 3.63) is 83.0 Å². The predicted octanol–water partition coefficient (Wildman–Crippen LogP) is 6.75. The Morgan fingerprint density at radius 3 is 2.58 bits per heavy atom. The van der Waals surface area contributed by atoms with E-state index in [1.54, 1.807) is 12.1 Å². The number of carboxylic acids is 1. The highest BCUT2D eigenvalue weighted by Crippen LogP contribution is 2.42. The molecule has 188 valence electrons. The van der Waals surface area contributed by atoms with Crippen LogP contribution < -0.4 is 5.73 Å². The average molecular weight is 540 g/mol. The van der Waals surface area contributed by atoms with Crippen molar-refractivity contribution >= 4 is 55.7 Å². The molecule has 0 radical (unpaired) electrons. The van der Waals surface area contributed by atoms with Crippen LogP contribution in [0.1, 0.15) is 11.1 Å². The van der Waals surface area contributed by atoms with E-state index in [1.807, 2.05) is 67.3 Å². The van der Waals surface area contributed by atoms with Crippen molar-refractivity contribution in [1.82, 2.24) is 19.7 Å². The van der Waals surface area contributed by atoms with Crippen LogP contribution in [0.25, 0.3) is 54.2 Å². The number of aryl methyl sites for hydroxylation is 2. The fourth-order valence-corrected chi connectivity index (χ4v) is 6.04. The highest BCUT2D eigenvalue weighted by Gasteiger charge is 2.21. The van der Waals surface area contributed by atoms with Crippen LogP contribution in [0.15, 0.2) is 66.9 Å². The van der Waals surface area contributed by atoms with Crippen molar-refractivity contribution in [1.29, 1.82) is 0 Å². The maximum atomic E-state index is 11.8. The van der Waals surface area contributed by atoms with Gasteiger partial charge in [0, 0.05) is 28.6 Å². The second-order valence-electron chi connectivity index (χ2n) is 9.17. The molecule has 0 aliphatic heterocycles. The molecule has 6 aromatic rings. The van der Waals surface area contributed by atoms with Crippen molar-refractivity contribution in [2.24, 2.45) is 7.05 Å². The van der Waals surface area contributed by atoms with Crippen LogP contribution in [0, 0.1) is 6.92 Å². The van der Waals surface area contributed by atoms with Gasteiger partial charge < -0.3 is 10.8 Å². The van der Waals surface area contributed by atoms with E-state index in [4.69, 9.17) is 27.3 Å². The van der Waals surface area contributed by atoms with E-state index in [9.17, 15) is 9.90 Å². The lowest BCUT2D eigenvalue weighted by Crippen LogP contribution is -2.04. The van der Waals surface area contributed by atoms with Crippen LogP contribution in [0.3, 0.4) is 0 Å². The Kier molecular flexibility index (Phi) is 5.86.